The number of benzene rings is 2. The van der Waals surface area contributed by atoms with Crippen molar-refractivity contribution in [3.05, 3.63) is 66.7 Å². The highest BCUT2D eigenvalue weighted by molar-refractivity contribution is 7.92. The van der Waals surface area contributed by atoms with E-state index in [0.717, 1.165) is 4.31 Å². The number of rotatable bonds is 9. The molecule has 27 heavy (non-hydrogen) atoms. The van der Waals surface area contributed by atoms with Gasteiger partial charge in [-0.2, -0.15) is 0 Å². The Labute approximate surface area is 160 Å². The van der Waals surface area contributed by atoms with Gasteiger partial charge in [0.15, 0.2) is 0 Å². The molecule has 0 radical (unpaired) electrons. The van der Waals surface area contributed by atoms with Gasteiger partial charge >= 0.3 is 5.97 Å². The summed E-state index contributed by atoms with van der Waals surface area (Å²) in [6.07, 6.45) is 1.47. The molecular formula is C20H23NO5S. The maximum Gasteiger partial charge on any atom is 0.340 e. The number of hydrogen-bond acceptors (Lipinski definition) is 5. The molecule has 0 bridgehead atoms. The summed E-state index contributed by atoms with van der Waals surface area (Å²) >= 11 is 0. The third-order valence-corrected chi connectivity index (χ3v) is 5.48. The van der Waals surface area contributed by atoms with Gasteiger partial charge in [-0.3, -0.25) is 4.31 Å². The molecule has 144 valence electrons. The van der Waals surface area contributed by atoms with E-state index in [-0.39, 0.29) is 29.3 Å². The molecule has 2 aromatic carbocycles. The summed E-state index contributed by atoms with van der Waals surface area (Å²) in [7, 11) is -3.92. The molecular weight excluding hydrogens is 366 g/mol. The Hall–Kier alpha value is -2.80. The van der Waals surface area contributed by atoms with Crippen molar-refractivity contribution in [3.8, 4) is 5.75 Å². The van der Waals surface area contributed by atoms with E-state index in [2.05, 4.69) is 6.58 Å². The van der Waals surface area contributed by atoms with Gasteiger partial charge < -0.3 is 9.47 Å². The molecule has 0 saturated heterocycles. The van der Waals surface area contributed by atoms with E-state index in [4.69, 9.17) is 9.47 Å². The van der Waals surface area contributed by atoms with Crippen molar-refractivity contribution >= 4 is 21.7 Å². The van der Waals surface area contributed by atoms with Gasteiger partial charge in [-0.05, 0) is 50.2 Å². The van der Waals surface area contributed by atoms with E-state index in [9.17, 15) is 13.2 Å². The minimum atomic E-state index is -3.92. The number of carbonyl (C=O) groups is 1. The number of esters is 1. The van der Waals surface area contributed by atoms with Crippen LogP contribution in [0.5, 0.6) is 5.75 Å². The van der Waals surface area contributed by atoms with Crippen LogP contribution >= 0.6 is 0 Å². The molecule has 0 unspecified atom stereocenters. The molecule has 0 aliphatic rings. The van der Waals surface area contributed by atoms with E-state index in [1.165, 1.54) is 24.3 Å². The summed E-state index contributed by atoms with van der Waals surface area (Å²) in [6.45, 7) is 7.87. The van der Waals surface area contributed by atoms with Gasteiger partial charge in [-0.1, -0.05) is 18.2 Å². The quantitative estimate of drug-likeness (QED) is 0.484. The summed E-state index contributed by atoms with van der Waals surface area (Å²) in [5.41, 5.74) is 0.417. The zero-order valence-electron chi connectivity index (χ0n) is 15.4. The minimum Gasteiger partial charge on any atom is -0.494 e. The first-order valence-electron chi connectivity index (χ1n) is 8.58. The molecule has 0 saturated carbocycles. The van der Waals surface area contributed by atoms with Gasteiger partial charge in [0.1, 0.15) is 5.75 Å². The summed E-state index contributed by atoms with van der Waals surface area (Å²) in [5.74, 6) is 0.00250. The number of para-hydroxylation sites is 1. The smallest absolute Gasteiger partial charge is 0.340 e. The van der Waals surface area contributed by atoms with Gasteiger partial charge in [0.2, 0.25) is 0 Å². The van der Waals surface area contributed by atoms with E-state index in [0.29, 0.717) is 12.4 Å². The molecule has 0 aliphatic heterocycles. The number of nitrogens with zero attached hydrogens (tertiary/aromatic N) is 1. The van der Waals surface area contributed by atoms with Crippen molar-refractivity contribution in [2.75, 3.05) is 24.1 Å². The number of carbonyl (C=O) groups excluding carboxylic acids is 1. The lowest BCUT2D eigenvalue weighted by Gasteiger charge is -2.25. The van der Waals surface area contributed by atoms with E-state index < -0.39 is 16.0 Å². The second-order valence-corrected chi connectivity index (χ2v) is 7.33. The topological polar surface area (TPSA) is 72.9 Å². The van der Waals surface area contributed by atoms with Crippen LogP contribution in [0.1, 0.15) is 24.2 Å². The fourth-order valence-corrected chi connectivity index (χ4v) is 3.97. The van der Waals surface area contributed by atoms with E-state index in [1.807, 2.05) is 6.92 Å². The maximum absolute atomic E-state index is 13.2. The second-order valence-electron chi connectivity index (χ2n) is 5.47. The molecule has 6 nitrogen and oxygen atoms in total. The standard InChI is InChI=1S/C20H23NO5S/c1-4-15-21(19-10-8-7-9-18(19)20(22)26-6-3)27(23,24)17-13-11-16(12-14-17)25-5-2/h4,7-14H,1,5-6,15H2,2-3H3. The highest BCUT2D eigenvalue weighted by Crippen LogP contribution is 2.28. The van der Waals surface area contributed by atoms with Gasteiger partial charge in [-0.25, -0.2) is 13.2 Å². The number of ether oxygens (including phenoxy) is 2. The van der Waals surface area contributed by atoms with Gasteiger partial charge in [0, 0.05) is 0 Å². The highest BCUT2D eigenvalue weighted by atomic mass is 32.2. The summed E-state index contributed by atoms with van der Waals surface area (Å²) in [4.78, 5) is 12.4. The maximum atomic E-state index is 13.2. The molecule has 2 aromatic rings. The van der Waals surface area contributed by atoms with E-state index in [1.54, 1.807) is 37.3 Å². The lowest BCUT2D eigenvalue weighted by molar-refractivity contribution is 0.0527. The second kappa shape index (κ2) is 9.23. The van der Waals surface area contributed by atoms with Crippen molar-refractivity contribution in [2.45, 2.75) is 18.7 Å². The zero-order valence-corrected chi connectivity index (χ0v) is 16.2. The Kier molecular flexibility index (Phi) is 7.01. The molecule has 0 amide bonds. The Morgan fingerprint density at radius 1 is 1.07 bits per heavy atom. The average molecular weight is 389 g/mol. The molecule has 0 aliphatic carbocycles. The largest absolute Gasteiger partial charge is 0.494 e. The SMILES string of the molecule is C=CCN(c1ccccc1C(=O)OCC)S(=O)(=O)c1ccc(OCC)cc1. The zero-order chi connectivity index (χ0) is 19.9. The summed E-state index contributed by atoms with van der Waals surface area (Å²) in [6, 6.07) is 12.6. The number of sulfonamides is 1. The van der Waals surface area contributed by atoms with Crippen molar-refractivity contribution in [3.63, 3.8) is 0 Å². The van der Waals surface area contributed by atoms with Crippen molar-refractivity contribution in [2.24, 2.45) is 0 Å². The molecule has 0 atom stereocenters. The molecule has 0 aromatic heterocycles. The third-order valence-electron chi connectivity index (χ3n) is 3.69. The first-order valence-corrected chi connectivity index (χ1v) is 10.0. The summed E-state index contributed by atoms with van der Waals surface area (Å²) < 4.78 is 38.0. The minimum absolute atomic E-state index is 0.00592. The molecule has 0 N–H and O–H groups in total. The van der Waals surface area contributed by atoms with Crippen molar-refractivity contribution < 1.29 is 22.7 Å². The normalized spacial score (nSPS) is 10.9. The van der Waals surface area contributed by atoms with Crippen molar-refractivity contribution in [1.82, 2.24) is 0 Å². The fourth-order valence-electron chi connectivity index (χ4n) is 2.52. The molecule has 7 heteroatoms. The van der Waals surface area contributed by atoms with Crippen LogP contribution in [0.15, 0.2) is 66.1 Å². The molecule has 0 fully saturated rings. The summed E-state index contributed by atoms with van der Waals surface area (Å²) in [5, 5.41) is 0. The van der Waals surface area contributed by atoms with E-state index >= 15 is 0 Å². The Morgan fingerprint density at radius 2 is 1.74 bits per heavy atom. The highest BCUT2D eigenvalue weighted by Gasteiger charge is 2.27. The predicted molar refractivity (Wildman–Crippen MR) is 105 cm³/mol. The van der Waals surface area contributed by atoms with Gasteiger partial charge in [0.05, 0.1) is 35.9 Å². The monoisotopic (exact) mass is 389 g/mol. The van der Waals surface area contributed by atoms with Crippen LogP contribution in [-0.4, -0.2) is 34.1 Å². The Bertz CT molecular complexity index is 891. The van der Waals surface area contributed by atoms with Crippen LogP contribution in [0.2, 0.25) is 0 Å². The third kappa shape index (κ3) is 4.68. The molecule has 0 heterocycles. The lowest BCUT2D eigenvalue weighted by atomic mass is 10.2. The van der Waals surface area contributed by atoms with Crippen LogP contribution in [0, 0.1) is 0 Å². The van der Waals surface area contributed by atoms with Crippen LogP contribution in [-0.2, 0) is 14.8 Å². The number of hydrogen-bond donors (Lipinski definition) is 0. The Balaban J connectivity index is 2.51. The van der Waals surface area contributed by atoms with Crippen molar-refractivity contribution in [1.29, 1.82) is 0 Å². The van der Waals surface area contributed by atoms with Crippen LogP contribution in [0.4, 0.5) is 5.69 Å². The van der Waals surface area contributed by atoms with Gasteiger partial charge in [-0.15, -0.1) is 6.58 Å². The van der Waals surface area contributed by atoms with Crippen LogP contribution in [0.25, 0.3) is 0 Å². The van der Waals surface area contributed by atoms with Crippen LogP contribution in [0.3, 0.4) is 0 Å². The molecule has 2 rings (SSSR count). The van der Waals surface area contributed by atoms with Crippen LogP contribution < -0.4 is 9.04 Å². The van der Waals surface area contributed by atoms with Gasteiger partial charge in [0.25, 0.3) is 10.0 Å². The predicted octanol–water partition coefficient (Wildman–Crippen LogP) is 3.64. The first kappa shape index (κ1) is 20.5. The molecule has 0 spiro atoms. The fraction of sp³-hybridized carbons (Fsp3) is 0.250. The average Bonchev–Trinajstić information content (AvgIpc) is 2.67. The first-order chi connectivity index (χ1) is 13.0. The number of anilines is 1. The lowest BCUT2D eigenvalue weighted by Crippen LogP contribution is -2.32. The Morgan fingerprint density at radius 3 is 2.33 bits per heavy atom.